The first-order valence-electron chi connectivity index (χ1n) is 4.25. The Kier molecular flexibility index (Phi) is 4.44. The standard InChI is InChI=1S/C11H7BrF2O2/c1-16-10(15)4-2-3-7-5-8(13)11(12)9(14)6-7/h5-6H,4H2,1H3. The van der Waals surface area contributed by atoms with Gasteiger partial charge in [-0.2, -0.15) is 0 Å². The predicted octanol–water partition coefficient (Wildman–Crippen LogP) is 2.64. The number of carbonyl (C=O) groups excluding carboxylic acids is 1. The van der Waals surface area contributed by atoms with Crippen LogP contribution in [-0.4, -0.2) is 13.1 Å². The smallest absolute Gasteiger partial charge is 0.317 e. The van der Waals surface area contributed by atoms with Crippen LogP contribution in [0.3, 0.4) is 0 Å². The highest BCUT2D eigenvalue weighted by Crippen LogP contribution is 2.20. The second-order valence-electron chi connectivity index (χ2n) is 2.81. The molecule has 0 N–H and O–H groups in total. The zero-order valence-corrected chi connectivity index (χ0v) is 9.90. The molecule has 0 fully saturated rings. The molecule has 0 radical (unpaired) electrons. The van der Waals surface area contributed by atoms with E-state index in [2.05, 4.69) is 32.5 Å². The van der Waals surface area contributed by atoms with Gasteiger partial charge in [0.2, 0.25) is 0 Å². The Hall–Kier alpha value is -1.41. The molecule has 0 heterocycles. The maximum Gasteiger partial charge on any atom is 0.317 e. The first kappa shape index (κ1) is 12.7. The minimum Gasteiger partial charge on any atom is -0.468 e. The summed E-state index contributed by atoms with van der Waals surface area (Å²) < 4.78 is 30.2. The van der Waals surface area contributed by atoms with E-state index in [0.29, 0.717) is 0 Å². The molecule has 16 heavy (non-hydrogen) atoms. The van der Waals surface area contributed by atoms with E-state index >= 15 is 0 Å². The Morgan fingerprint density at radius 1 is 1.44 bits per heavy atom. The Labute approximate surface area is 99.7 Å². The Morgan fingerprint density at radius 2 is 2.00 bits per heavy atom. The van der Waals surface area contributed by atoms with Crippen molar-refractivity contribution in [1.29, 1.82) is 0 Å². The minimum atomic E-state index is -0.734. The molecule has 1 rings (SSSR count). The molecule has 84 valence electrons. The fourth-order valence-electron chi connectivity index (χ4n) is 0.918. The fourth-order valence-corrected chi connectivity index (χ4v) is 1.15. The second kappa shape index (κ2) is 5.61. The zero-order chi connectivity index (χ0) is 12.1. The van der Waals surface area contributed by atoms with Gasteiger partial charge in [-0.1, -0.05) is 11.8 Å². The molecule has 0 aliphatic rings. The number of ether oxygens (including phenoxy) is 1. The van der Waals surface area contributed by atoms with E-state index in [1.54, 1.807) is 0 Å². The SMILES string of the molecule is COC(=O)CC#Cc1cc(F)c(Br)c(F)c1. The Bertz CT molecular complexity index is 452. The number of carbonyl (C=O) groups is 1. The number of halogens is 3. The van der Waals surface area contributed by atoms with Gasteiger partial charge in [0, 0.05) is 5.56 Å². The molecule has 0 amide bonds. The third-order valence-electron chi connectivity index (χ3n) is 1.68. The van der Waals surface area contributed by atoms with Crippen molar-refractivity contribution >= 4 is 21.9 Å². The van der Waals surface area contributed by atoms with Crippen molar-refractivity contribution in [3.05, 3.63) is 33.8 Å². The lowest BCUT2D eigenvalue weighted by molar-refractivity contribution is -0.139. The van der Waals surface area contributed by atoms with E-state index in [0.717, 1.165) is 12.1 Å². The van der Waals surface area contributed by atoms with Crippen molar-refractivity contribution in [2.45, 2.75) is 6.42 Å². The lowest BCUT2D eigenvalue weighted by Gasteiger charge is -1.97. The third kappa shape index (κ3) is 3.31. The third-order valence-corrected chi connectivity index (χ3v) is 2.43. The zero-order valence-electron chi connectivity index (χ0n) is 8.31. The normalized spacial score (nSPS) is 9.25. The number of methoxy groups -OCH3 is 1. The van der Waals surface area contributed by atoms with Gasteiger partial charge in [-0.25, -0.2) is 8.78 Å². The van der Waals surface area contributed by atoms with Gasteiger partial charge in [0.1, 0.15) is 18.1 Å². The molecular formula is C11H7BrF2O2. The van der Waals surface area contributed by atoms with Crippen molar-refractivity contribution in [1.82, 2.24) is 0 Å². The Balaban J connectivity index is 2.86. The molecule has 1 aromatic rings. The molecule has 2 nitrogen and oxygen atoms in total. The van der Waals surface area contributed by atoms with Crippen LogP contribution in [-0.2, 0) is 9.53 Å². The quantitative estimate of drug-likeness (QED) is 0.451. The van der Waals surface area contributed by atoms with Crippen molar-refractivity contribution in [3.8, 4) is 11.8 Å². The van der Waals surface area contributed by atoms with Crippen molar-refractivity contribution in [2.75, 3.05) is 7.11 Å². The average molecular weight is 289 g/mol. The van der Waals surface area contributed by atoms with Gasteiger partial charge in [-0.15, -0.1) is 0 Å². The highest BCUT2D eigenvalue weighted by molar-refractivity contribution is 9.10. The largest absolute Gasteiger partial charge is 0.468 e. The van der Waals surface area contributed by atoms with E-state index in [-0.39, 0.29) is 16.5 Å². The van der Waals surface area contributed by atoms with Crippen LogP contribution in [0.4, 0.5) is 8.78 Å². The molecule has 0 saturated carbocycles. The summed E-state index contributed by atoms with van der Waals surface area (Å²) >= 11 is 2.74. The van der Waals surface area contributed by atoms with E-state index in [4.69, 9.17) is 0 Å². The van der Waals surface area contributed by atoms with Gasteiger partial charge in [0.15, 0.2) is 0 Å². The van der Waals surface area contributed by atoms with Crippen molar-refractivity contribution in [2.24, 2.45) is 0 Å². The van der Waals surface area contributed by atoms with Crippen LogP contribution in [0.15, 0.2) is 16.6 Å². The number of hydrogen-bond donors (Lipinski definition) is 0. The molecular weight excluding hydrogens is 282 g/mol. The van der Waals surface area contributed by atoms with Gasteiger partial charge in [0.25, 0.3) is 0 Å². The summed E-state index contributed by atoms with van der Waals surface area (Å²) in [6.45, 7) is 0. The molecule has 5 heteroatoms. The minimum absolute atomic E-state index is 0.115. The van der Waals surface area contributed by atoms with Crippen LogP contribution in [0.2, 0.25) is 0 Å². The molecule has 0 saturated heterocycles. The van der Waals surface area contributed by atoms with E-state index in [9.17, 15) is 13.6 Å². The highest BCUT2D eigenvalue weighted by atomic mass is 79.9. The summed E-state index contributed by atoms with van der Waals surface area (Å²) in [6, 6.07) is 2.16. The van der Waals surface area contributed by atoms with Crippen LogP contribution in [0, 0.1) is 23.5 Å². The van der Waals surface area contributed by atoms with Gasteiger partial charge in [-0.05, 0) is 28.1 Å². The fraction of sp³-hybridized carbons (Fsp3) is 0.182. The molecule has 0 bridgehead atoms. The second-order valence-corrected chi connectivity index (χ2v) is 3.60. The number of esters is 1. The van der Waals surface area contributed by atoms with Gasteiger partial charge in [-0.3, -0.25) is 4.79 Å². The van der Waals surface area contributed by atoms with Gasteiger partial charge < -0.3 is 4.74 Å². The van der Waals surface area contributed by atoms with Crippen LogP contribution in [0.5, 0.6) is 0 Å². The van der Waals surface area contributed by atoms with E-state index in [1.807, 2.05) is 0 Å². The summed E-state index contributed by atoms with van der Waals surface area (Å²) in [6.07, 6.45) is -0.115. The maximum absolute atomic E-state index is 13.0. The Morgan fingerprint density at radius 3 is 2.50 bits per heavy atom. The summed E-state index contributed by atoms with van der Waals surface area (Å²) in [5.74, 6) is 2.96. The predicted molar refractivity (Wildman–Crippen MR) is 57.6 cm³/mol. The van der Waals surface area contributed by atoms with Crippen LogP contribution >= 0.6 is 15.9 Å². The van der Waals surface area contributed by atoms with Crippen molar-refractivity contribution in [3.63, 3.8) is 0 Å². The van der Waals surface area contributed by atoms with Crippen LogP contribution in [0.25, 0.3) is 0 Å². The molecule has 1 aromatic carbocycles. The monoisotopic (exact) mass is 288 g/mol. The van der Waals surface area contributed by atoms with Crippen molar-refractivity contribution < 1.29 is 18.3 Å². The van der Waals surface area contributed by atoms with E-state index < -0.39 is 17.6 Å². The molecule has 0 unspecified atom stereocenters. The molecule has 0 spiro atoms. The first-order chi connectivity index (χ1) is 7.54. The van der Waals surface area contributed by atoms with E-state index in [1.165, 1.54) is 7.11 Å². The molecule has 0 aliphatic carbocycles. The number of hydrogen-bond acceptors (Lipinski definition) is 2. The van der Waals surface area contributed by atoms with Crippen LogP contribution < -0.4 is 0 Å². The number of benzene rings is 1. The average Bonchev–Trinajstić information content (AvgIpc) is 2.25. The maximum atomic E-state index is 13.0. The first-order valence-corrected chi connectivity index (χ1v) is 5.04. The summed E-state index contributed by atoms with van der Waals surface area (Å²) in [4.78, 5) is 10.7. The number of rotatable bonds is 1. The lowest BCUT2D eigenvalue weighted by atomic mass is 10.2. The molecule has 0 aliphatic heterocycles. The summed E-state index contributed by atoms with van der Waals surface area (Å²) in [7, 11) is 1.24. The highest BCUT2D eigenvalue weighted by Gasteiger charge is 2.06. The van der Waals surface area contributed by atoms with Gasteiger partial charge in [0.05, 0.1) is 11.6 Å². The van der Waals surface area contributed by atoms with Gasteiger partial charge >= 0.3 is 5.97 Å². The molecule has 0 atom stereocenters. The summed E-state index contributed by atoms with van der Waals surface area (Å²) in [5.41, 5.74) is 0.169. The molecule has 0 aromatic heterocycles. The topological polar surface area (TPSA) is 26.3 Å². The summed E-state index contributed by atoms with van der Waals surface area (Å²) in [5, 5.41) is 0. The van der Waals surface area contributed by atoms with Crippen LogP contribution in [0.1, 0.15) is 12.0 Å². The lowest BCUT2D eigenvalue weighted by Crippen LogP contribution is -1.97.